The zero-order valence-electron chi connectivity index (χ0n) is 11.6. The molecule has 0 saturated carbocycles. The lowest BCUT2D eigenvalue weighted by Crippen LogP contribution is -2.32. The first-order chi connectivity index (χ1) is 9.61. The van der Waals surface area contributed by atoms with Gasteiger partial charge in [-0.05, 0) is 37.6 Å². The highest BCUT2D eigenvalue weighted by molar-refractivity contribution is 5.99. The van der Waals surface area contributed by atoms with E-state index >= 15 is 0 Å². The van der Waals surface area contributed by atoms with Crippen LogP contribution in [0.3, 0.4) is 0 Å². The van der Waals surface area contributed by atoms with Gasteiger partial charge in [-0.3, -0.25) is 9.89 Å². The van der Waals surface area contributed by atoms with Crippen LogP contribution < -0.4 is 5.32 Å². The molecule has 0 aliphatic heterocycles. The van der Waals surface area contributed by atoms with Gasteiger partial charge in [-0.1, -0.05) is 13.3 Å². The molecule has 1 unspecified atom stereocenters. The molecule has 1 aromatic carbocycles. The summed E-state index contributed by atoms with van der Waals surface area (Å²) in [7, 11) is 0. The van der Waals surface area contributed by atoms with Crippen molar-refractivity contribution < 1.29 is 9.18 Å². The minimum absolute atomic E-state index is 0.114. The Kier molecular flexibility index (Phi) is 4.50. The molecule has 106 valence electrons. The second-order valence-electron chi connectivity index (χ2n) is 4.83. The predicted octanol–water partition coefficient (Wildman–Crippen LogP) is 3.13. The van der Waals surface area contributed by atoms with E-state index < -0.39 is 0 Å². The summed E-state index contributed by atoms with van der Waals surface area (Å²) in [6.45, 7) is 4.05. The van der Waals surface area contributed by atoms with Crippen LogP contribution in [0.1, 0.15) is 37.0 Å². The van der Waals surface area contributed by atoms with Crippen LogP contribution >= 0.6 is 0 Å². The average Bonchev–Trinajstić information content (AvgIpc) is 2.89. The number of carbonyl (C=O) groups excluding carboxylic acids is 1. The van der Waals surface area contributed by atoms with Crippen molar-refractivity contribution in [3.63, 3.8) is 0 Å². The first-order valence-corrected chi connectivity index (χ1v) is 6.72. The Hall–Kier alpha value is -2.17. The van der Waals surface area contributed by atoms with Crippen LogP contribution in [-0.4, -0.2) is 22.1 Å². The van der Waals surface area contributed by atoms with Crippen LogP contribution in [0, 0.1) is 5.82 Å². The minimum atomic E-state index is -0.309. The van der Waals surface area contributed by atoms with Gasteiger partial charge in [0.15, 0.2) is 0 Å². The van der Waals surface area contributed by atoms with Crippen molar-refractivity contribution in [1.29, 1.82) is 0 Å². The predicted molar refractivity (Wildman–Crippen MR) is 75.8 cm³/mol. The number of amides is 1. The second-order valence-corrected chi connectivity index (χ2v) is 4.83. The number of benzene rings is 1. The Bertz CT molecular complexity index is 577. The molecule has 0 spiro atoms. The molecule has 0 aliphatic carbocycles. The topological polar surface area (TPSA) is 57.8 Å². The fraction of sp³-hybridized carbons (Fsp3) is 0.333. The number of nitrogens with zero attached hydrogens (tertiary/aromatic N) is 1. The van der Waals surface area contributed by atoms with Crippen molar-refractivity contribution in [3.05, 3.63) is 41.8 Å². The molecular weight excluding hydrogens is 257 g/mol. The van der Waals surface area contributed by atoms with E-state index in [1.165, 1.54) is 18.3 Å². The highest BCUT2D eigenvalue weighted by Gasteiger charge is 2.16. The molecule has 1 heterocycles. The summed E-state index contributed by atoms with van der Waals surface area (Å²) in [5.41, 5.74) is 1.81. The molecule has 2 aromatic rings. The van der Waals surface area contributed by atoms with E-state index in [9.17, 15) is 9.18 Å². The van der Waals surface area contributed by atoms with E-state index in [0.29, 0.717) is 11.3 Å². The van der Waals surface area contributed by atoms with Gasteiger partial charge in [-0.15, -0.1) is 0 Å². The zero-order valence-corrected chi connectivity index (χ0v) is 11.6. The van der Waals surface area contributed by atoms with Gasteiger partial charge in [0.2, 0.25) is 0 Å². The number of hydrogen-bond acceptors (Lipinski definition) is 2. The summed E-state index contributed by atoms with van der Waals surface area (Å²) in [5, 5.41) is 9.64. The lowest BCUT2D eigenvalue weighted by atomic mass is 10.1. The average molecular weight is 275 g/mol. The third-order valence-corrected chi connectivity index (χ3v) is 3.12. The number of nitrogens with one attached hydrogen (secondary N) is 2. The number of carbonyl (C=O) groups is 1. The summed E-state index contributed by atoms with van der Waals surface area (Å²) >= 11 is 0. The molecule has 20 heavy (non-hydrogen) atoms. The molecule has 0 bridgehead atoms. The van der Waals surface area contributed by atoms with Crippen molar-refractivity contribution in [2.45, 2.75) is 32.7 Å². The molecule has 2 rings (SSSR count). The van der Waals surface area contributed by atoms with Crippen molar-refractivity contribution >= 4 is 5.91 Å². The molecule has 5 heteroatoms. The maximum atomic E-state index is 12.9. The number of H-pyrrole nitrogens is 1. The Morgan fingerprint density at radius 3 is 2.75 bits per heavy atom. The normalized spacial score (nSPS) is 12.2. The lowest BCUT2D eigenvalue weighted by Gasteiger charge is -2.12. The van der Waals surface area contributed by atoms with E-state index in [4.69, 9.17) is 0 Å². The molecular formula is C15H18FN3O. The number of aromatic nitrogens is 2. The number of rotatable bonds is 5. The molecule has 0 radical (unpaired) electrons. The van der Waals surface area contributed by atoms with Crippen LogP contribution in [0.25, 0.3) is 11.3 Å². The Morgan fingerprint density at radius 2 is 2.10 bits per heavy atom. The fourth-order valence-corrected chi connectivity index (χ4v) is 2.10. The van der Waals surface area contributed by atoms with Crippen molar-refractivity contribution in [1.82, 2.24) is 15.5 Å². The summed E-state index contributed by atoms with van der Waals surface area (Å²) in [4.78, 5) is 12.2. The second kappa shape index (κ2) is 6.32. The van der Waals surface area contributed by atoms with Crippen LogP contribution in [-0.2, 0) is 0 Å². The van der Waals surface area contributed by atoms with Crippen LogP contribution in [0.5, 0.6) is 0 Å². The Morgan fingerprint density at radius 1 is 1.40 bits per heavy atom. The SMILES string of the molecule is CCCC(C)NC(=O)c1cn[nH]c1-c1ccc(F)cc1. The fourth-order valence-electron chi connectivity index (χ4n) is 2.10. The van der Waals surface area contributed by atoms with Crippen molar-refractivity contribution in [3.8, 4) is 11.3 Å². The van der Waals surface area contributed by atoms with Crippen LogP contribution in [0.2, 0.25) is 0 Å². The largest absolute Gasteiger partial charge is 0.349 e. The third-order valence-electron chi connectivity index (χ3n) is 3.12. The van der Waals surface area contributed by atoms with E-state index in [0.717, 1.165) is 18.4 Å². The monoisotopic (exact) mass is 275 g/mol. The van der Waals surface area contributed by atoms with Gasteiger partial charge in [0.25, 0.3) is 5.91 Å². The first-order valence-electron chi connectivity index (χ1n) is 6.72. The van der Waals surface area contributed by atoms with Gasteiger partial charge in [-0.2, -0.15) is 5.10 Å². The molecule has 1 amide bonds. The number of aromatic amines is 1. The van der Waals surface area contributed by atoms with Crippen LogP contribution in [0.15, 0.2) is 30.5 Å². The van der Waals surface area contributed by atoms with E-state index in [2.05, 4.69) is 22.4 Å². The zero-order chi connectivity index (χ0) is 14.5. The molecule has 0 aliphatic rings. The summed E-state index contributed by atoms with van der Waals surface area (Å²) in [5.74, 6) is -0.477. The van der Waals surface area contributed by atoms with Crippen molar-refractivity contribution in [2.75, 3.05) is 0 Å². The third kappa shape index (κ3) is 3.23. The van der Waals surface area contributed by atoms with Gasteiger partial charge >= 0.3 is 0 Å². The van der Waals surface area contributed by atoms with Crippen LogP contribution in [0.4, 0.5) is 4.39 Å². The molecule has 4 nitrogen and oxygen atoms in total. The number of hydrogen-bond donors (Lipinski definition) is 2. The summed E-state index contributed by atoms with van der Waals surface area (Å²) in [6, 6.07) is 6.07. The van der Waals surface area contributed by atoms with E-state index in [1.807, 2.05) is 6.92 Å². The Labute approximate surface area is 117 Å². The molecule has 1 atom stereocenters. The van der Waals surface area contributed by atoms with Gasteiger partial charge in [-0.25, -0.2) is 4.39 Å². The molecule has 0 saturated heterocycles. The van der Waals surface area contributed by atoms with Crippen molar-refractivity contribution in [2.24, 2.45) is 0 Å². The standard InChI is InChI=1S/C15H18FN3O/c1-3-4-10(2)18-15(20)13-9-17-19-14(13)11-5-7-12(16)8-6-11/h5-10H,3-4H2,1-2H3,(H,17,19)(H,18,20). The van der Waals surface area contributed by atoms with Gasteiger partial charge < -0.3 is 5.32 Å². The highest BCUT2D eigenvalue weighted by Crippen LogP contribution is 2.21. The molecule has 2 N–H and O–H groups in total. The van der Waals surface area contributed by atoms with E-state index in [1.54, 1.807) is 12.1 Å². The van der Waals surface area contributed by atoms with Gasteiger partial charge in [0, 0.05) is 11.6 Å². The quantitative estimate of drug-likeness (QED) is 0.880. The first kappa shape index (κ1) is 14.2. The minimum Gasteiger partial charge on any atom is -0.349 e. The Balaban J connectivity index is 2.20. The molecule has 0 fully saturated rings. The maximum Gasteiger partial charge on any atom is 0.255 e. The summed E-state index contributed by atoms with van der Waals surface area (Å²) in [6.07, 6.45) is 3.43. The number of halogens is 1. The highest BCUT2D eigenvalue weighted by atomic mass is 19.1. The summed E-state index contributed by atoms with van der Waals surface area (Å²) < 4.78 is 12.9. The maximum absolute atomic E-state index is 12.9. The molecule has 1 aromatic heterocycles. The lowest BCUT2D eigenvalue weighted by molar-refractivity contribution is 0.0939. The van der Waals surface area contributed by atoms with Gasteiger partial charge in [0.05, 0.1) is 17.5 Å². The smallest absolute Gasteiger partial charge is 0.255 e. The van der Waals surface area contributed by atoms with Gasteiger partial charge in [0.1, 0.15) is 5.82 Å². The van der Waals surface area contributed by atoms with E-state index in [-0.39, 0.29) is 17.8 Å².